The Hall–Kier alpha value is -0.920. The van der Waals surface area contributed by atoms with E-state index in [0.717, 1.165) is 4.90 Å². The first kappa shape index (κ1) is 15.5. The third-order valence-corrected chi connectivity index (χ3v) is 5.81. The zero-order valence-electron chi connectivity index (χ0n) is 10.8. The van der Waals surface area contributed by atoms with Gasteiger partial charge in [0, 0.05) is 10.8 Å². The number of rotatable bonds is 5. The molecule has 0 saturated heterocycles. The van der Waals surface area contributed by atoms with Crippen LogP contribution in [-0.4, -0.2) is 31.7 Å². The van der Waals surface area contributed by atoms with Gasteiger partial charge >= 0.3 is 0 Å². The van der Waals surface area contributed by atoms with E-state index in [1.54, 1.807) is 25.1 Å². The van der Waals surface area contributed by atoms with Gasteiger partial charge in [-0.05, 0) is 24.1 Å². The summed E-state index contributed by atoms with van der Waals surface area (Å²) in [7, 11) is -3.44. The minimum absolute atomic E-state index is 0.0330. The number of halogens is 1. The van der Waals surface area contributed by atoms with Gasteiger partial charge in [0.2, 0.25) is 15.9 Å². The molecule has 1 aromatic carbocycles. The molecule has 1 aliphatic heterocycles. The fraction of sp³-hybridized carbons (Fsp3) is 0.417. The van der Waals surface area contributed by atoms with Crippen LogP contribution in [0.5, 0.6) is 0 Å². The Morgan fingerprint density at radius 3 is 2.95 bits per heavy atom. The van der Waals surface area contributed by atoms with Crippen molar-refractivity contribution < 1.29 is 13.2 Å². The molecular formula is C12H15ClN2O3S2. The van der Waals surface area contributed by atoms with Crippen molar-refractivity contribution in [1.82, 2.24) is 0 Å². The molecule has 2 N–H and O–H groups in total. The van der Waals surface area contributed by atoms with E-state index in [1.807, 2.05) is 0 Å². The van der Waals surface area contributed by atoms with Crippen LogP contribution in [0.15, 0.2) is 23.1 Å². The standard InChI is InChI=1S/C12H15ClN2O3S2/c1-8(5-13)7-20(17,18)15-9-2-3-11-10(4-9)14-12(16)6-19-11/h2-4,8,15H,5-7H2,1H3,(H,14,16). The molecule has 0 bridgehead atoms. The van der Waals surface area contributed by atoms with Crippen LogP contribution >= 0.6 is 23.4 Å². The Bertz CT molecular complexity index is 619. The van der Waals surface area contributed by atoms with E-state index in [1.165, 1.54) is 11.8 Å². The SMILES string of the molecule is CC(CCl)CS(=O)(=O)Nc1ccc2c(c1)NC(=O)CS2. The summed E-state index contributed by atoms with van der Waals surface area (Å²) in [6, 6.07) is 5.11. The summed E-state index contributed by atoms with van der Waals surface area (Å²) in [6.07, 6.45) is 0. The van der Waals surface area contributed by atoms with Gasteiger partial charge in [0.1, 0.15) is 0 Å². The highest BCUT2D eigenvalue weighted by atomic mass is 35.5. The number of amides is 1. The molecule has 8 heteroatoms. The molecule has 0 saturated carbocycles. The first-order valence-corrected chi connectivity index (χ1v) is 9.20. The van der Waals surface area contributed by atoms with Crippen LogP contribution in [-0.2, 0) is 14.8 Å². The lowest BCUT2D eigenvalue weighted by molar-refractivity contribution is -0.113. The average Bonchev–Trinajstić information content (AvgIpc) is 2.37. The Kier molecular flexibility index (Phi) is 4.82. The van der Waals surface area contributed by atoms with Crippen LogP contribution in [0.2, 0.25) is 0 Å². The van der Waals surface area contributed by atoms with Crippen molar-refractivity contribution in [3.63, 3.8) is 0 Å². The summed E-state index contributed by atoms with van der Waals surface area (Å²) in [4.78, 5) is 12.3. The molecule has 0 aliphatic carbocycles. The predicted octanol–water partition coefficient (Wildman–Crippen LogP) is 2.35. The Morgan fingerprint density at radius 2 is 2.25 bits per heavy atom. The Morgan fingerprint density at radius 1 is 1.50 bits per heavy atom. The molecule has 5 nitrogen and oxygen atoms in total. The fourth-order valence-electron chi connectivity index (χ4n) is 1.79. The van der Waals surface area contributed by atoms with Crippen molar-refractivity contribution in [1.29, 1.82) is 0 Å². The van der Waals surface area contributed by atoms with E-state index in [9.17, 15) is 13.2 Å². The van der Waals surface area contributed by atoms with Crippen LogP contribution in [0.25, 0.3) is 0 Å². The first-order chi connectivity index (χ1) is 9.39. The molecule has 1 aliphatic rings. The maximum Gasteiger partial charge on any atom is 0.234 e. The lowest BCUT2D eigenvalue weighted by Crippen LogP contribution is -2.23. The highest BCUT2D eigenvalue weighted by Crippen LogP contribution is 2.33. The lowest BCUT2D eigenvalue weighted by atomic mass is 10.3. The minimum Gasteiger partial charge on any atom is -0.324 e. The number of sulfonamides is 1. The number of benzene rings is 1. The summed E-state index contributed by atoms with van der Waals surface area (Å²) in [6.45, 7) is 1.77. The Labute approximate surface area is 127 Å². The number of thioether (sulfide) groups is 1. The van der Waals surface area contributed by atoms with E-state index in [-0.39, 0.29) is 23.5 Å². The number of hydrogen-bond acceptors (Lipinski definition) is 4. The van der Waals surface area contributed by atoms with Gasteiger partial charge in [-0.25, -0.2) is 8.42 Å². The highest BCUT2D eigenvalue weighted by molar-refractivity contribution is 8.00. The summed E-state index contributed by atoms with van der Waals surface area (Å²) in [5.74, 6) is 0.429. The molecule has 1 atom stereocenters. The van der Waals surface area contributed by atoms with Gasteiger partial charge in [-0.3, -0.25) is 9.52 Å². The number of carbonyl (C=O) groups excluding carboxylic acids is 1. The molecule has 1 aromatic rings. The van der Waals surface area contributed by atoms with Gasteiger partial charge in [0.25, 0.3) is 0 Å². The summed E-state index contributed by atoms with van der Waals surface area (Å²) >= 11 is 7.06. The maximum absolute atomic E-state index is 11.9. The van der Waals surface area contributed by atoms with Crippen molar-refractivity contribution in [3.8, 4) is 0 Å². The molecule has 2 rings (SSSR count). The summed E-state index contributed by atoms with van der Waals surface area (Å²) in [5.41, 5.74) is 1.07. The van der Waals surface area contributed by atoms with Gasteiger partial charge in [0.05, 0.1) is 22.9 Å². The van der Waals surface area contributed by atoms with E-state index in [0.29, 0.717) is 17.1 Å². The second kappa shape index (κ2) is 6.24. The third kappa shape index (κ3) is 4.04. The molecule has 0 fully saturated rings. The quantitative estimate of drug-likeness (QED) is 0.810. The van der Waals surface area contributed by atoms with E-state index < -0.39 is 10.0 Å². The van der Waals surface area contributed by atoms with Crippen LogP contribution in [0.1, 0.15) is 6.92 Å². The average molecular weight is 335 g/mol. The number of hydrogen-bond donors (Lipinski definition) is 2. The molecule has 1 heterocycles. The smallest absolute Gasteiger partial charge is 0.234 e. The van der Waals surface area contributed by atoms with Crippen LogP contribution < -0.4 is 10.0 Å². The first-order valence-electron chi connectivity index (χ1n) is 6.03. The normalized spacial score (nSPS) is 16.2. The number of alkyl halides is 1. The number of nitrogens with one attached hydrogen (secondary N) is 2. The monoisotopic (exact) mass is 334 g/mol. The van der Waals surface area contributed by atoms with Crippen LogP contribution in [0, 0.1) is 5.92 Å². The molecular weight excluding hydrogens is 320 g/mol. The topological polar surface area (TPSA) is 75.3 Å². The van der Waals surface area contributed by atoms with Gasteiger partial charge in [-0.15, -0.1) is 23.4 Å². The van der Waals surface area contributed by atoms with Crippen LogP contribution in [0.4, 0.5) is 11.4 Å². The van der Waals surface area contributed by atoms with Gasteiger partial charge in [0.15, 0.2) is 0 Å². The zero-order chi connectivity index (χ0) is 14.8. The minimum atomic E-state index is -3.44. The maximum atomic E-state index is 11.9. The molecule has 20 heavy (non-hydrogen) atoms. The van der Waals surface area contributed by atoms with Crippen molar-refractivity contribution in [2.24, 2.45) is 5.92 Å². The van der Waals surface area contributed by atoms with E-state index in [4.69, 9.17) is 11.6 Å². The largest absolute Gasteiger partial charge is 0.324 e. The fourth-order valence-corrected chi connectivity index (χ4v) is 4.25. The molecule has 1 amide bonds. The van der Waals surface area contributed by atoms with E-state index in [2.05, 4.69) is 10.0 Å². The molecule has 0 radical (unpaired) electrons. The molecule has 1 unspecified atom stereocenters. The highest BCUT2D eigenvalue weighted by Gasteiger charge is 2.18. The number of anilines is 2. The van der Waals surface area contributed by atoms with Gasteiger partial charge in [-0.2, -0.15) is 0 Å². The van der Waals surface area contributed by atoms with Crippen LogP contribution in [0.3, 0.4) is 0 Å². The second-order valence-electron chi connectivity index (χ2n) is 4.69. The number of fused-ring (bicyclic) bond motifs is 1. The van der Waals surface area contributed by atoms with Crippen molar-refractivity contribution in [2.45, 2.75) is 11.8 Å². The predicted molar refractivity (Wildman–Crippen MR) is 83.1 cm³/mol. The van der Waals surface area contributed by atoms with Crippen molar-refractivity contribution in [2.75, 3.05) is 27.4 Å². The van der Waals surface area contributed by atoms with E-state index >= 15 is 0 Å². The molecule has 0 spiro atoms. The van der Waals surface area contributed by atoms with Gasteiger partial charge < -0.3 is 5.32 Å². The van der Waals surface area contributed by atoms with Gasteiger partial charge in [-0.1, -0.05) is 6.92 Å². The van der Waals surface area contributed by atoms with Crippen molar-refractivity contribution in [3.05, 3.63) is 18.2 Å². The zero-order valence-corrected chi connectivity index (χ0v) is 13.2. The third-order valence-electron chi connectivity index (χ3n) is 2.65. The summed E-state index contributed by atoms with van der Waals surface area (Å²) in [5, 5.41) is 2.72. The second-order valence-corrected chi connectivity index (χ2v) is 7.78. The molecule has 0 aromatic heterocycles. The summed E-state index contributed by atoms with van der Waals surface area (Å²) < 4.78 is 26.4. The van der Waals surface area contributed by atoms with Crippen molar-refractivity contribution >= 4 is 50.7 Å². The lowest BCUT2D eigenvalue weighted by Gasteiger charge is -2.18. The number of carbonyl (C=O) groups is 1. The Balaban J connectivity index is 2.14. The molecule has 110 valence electrons.